The lowest BCUT2D eigenvalue weighted by Crippen LogP contribution is -2.22. The molecule has 1 aliphatic carbocycles. The highest BCUT2D eigenvalue weighted by Gasteiger charge is 2.25. The maximum atomic E-state index is 9.19. The van der Waals surface area contributed by atoms with Crippen LogP contribution in [-0.4, -0.2) is 19.2 Å². The highest BCUT2D eigenvalue weighted by atomic mass is 32.2. The fourth-order valence-corrected chi connectivity index (χ4v) is 1.93. The Morgan fingerprint density at radius 2 is 1.71 bits per heavy atom. The van der Waals surface area contributed by atoms with Gasteiger partial charge in [0.05, 0.1) is 6.26 Å². The van der Waals surface area contributed by atoms with Crippen molar-refractivity contribution in [2.24, 2.45) is 17.8 Å². The molecule has 0 bridgehead atoms. The van der Waals surface area contributed by atoms with E-state index in [4.69, 9.17) is 4.55 Å². The van der Waals surface area contributed by atoms with Crippen LogP contribution in [0.3, 0.4) is 0 Å². The predicted molar refractivity (Wildman–Crippen MR) is 58.8 cm³/mol. The van der Waals surface area contributed by atoms with Gasteiger partial charge in [-0.3, -0.25) is 4.55 Å². The maximum Gasteiger partial charge on any atom is 0.261 e. The summed E-state index contributed by atoms with van der Waals surface area (Å²) in [4.78, 5) is 0. The van der Waals surface area contributed by atoms with Crippen LogP contribution in [-0.2, 0) is 10.1 Å². The van der Waals surface area contributed by atoms with Crippen LogP contribution in [0, 0.1) is 17.8 Å². The highest BCUT2D eigenvalue weighted by Crippen LogP contribution is 2.37. The smallest absolute Gasteiger partial charge is 0.261 e. The quantitative estimate of drug-likeness (QED) is 0.731. The summed E-state index contributed by atoms with van der Waals surface area (Å²) in [6, 6.07) is 0. The molecule has 4 heteroatoms. The summed E-state index contributed by atoms with van der Waals surface area (Å²) in [7, 11) is -3.67. The molecule has 3 nitrogen and oxygen atoms in total. The Kier molecular flexibility index (Phi) is 5.67. The van der Waals surface area contributed by atoms with Gasteiger partial charge in [0.15, 0.2) is 0 Å². The molecule has 0 aromatic rings. The van der Waals surface area contributed by atoms with Crippen molar-refractivity contribution in [1.82, 2.24) is 0 Å². The maximum absolute atomic E-state index is 9.19. The molecule has 0 radical (unpaired) electrons. The summed E-state index contributed by atoms with van der Waals surface area (Å²) in [5.41, 5.74) is 0. The van der Waals surface area contributed by atoms with Crippen molar-refractivity contribution >= 4 is 10.1 Å². The largest absolute Gasteiger partial charge is 0.286 e. The van der Waals surface area contributed by atoms with Crippen LogP contribution in [0.25, 0.3) is 0 Å². The van der Waals surface area contributed by atoms with Gasteiger partial charge in [0.2, 0.25) is 0 Å². The Hall–Kier alpha value is -0.0900. The van der Waals surface area contributed by atoms with E-state index in [0.717, 1.165) is 17.8 Å². The SMILES string of the molecule is CC(C)CC1CC(C)C1.CS(=O)(=O)O. The summed E-state index contributed by atoms with van der Waals surface area (Å²) >= 11 is 0. The van der Waals surface area contributed by atoms with Gasteiger partial charge in [0, 0.05) is 0 Å². The molecule has 1 aliphatic rings. The van der Waals surface area contributed by atoms with Gasteiger partial charge in [-0.05, 0) is 37.0 Å². The third kappa shape index (κ3) is 9.99. The first-order valence-corrected chi connectivity index (χ1v) is 6.95. The summed E-state index contributed by atoms with van der Waals surface area (Å²) < 4.78 is 25.9. The van der Waals surface area contributed by atoms with E-state index in [1.165, 1.54) is 19.3 Å². The van der Waals surface area contributed by atoms with E-state index >= 15 is 0 Å². The first-order chi connectivity index (χ1) is 6.18. The van der Waals surface area contributed by atoms with Crippen LogP contribution < -0.4 is 0 Å². The standard InChI is InChI=1S/C9H18.CH4O3S/c1-7(2)4-9-5-8(3)6-9;1-5(2,3)4/h7-9H,4-6H2,1-3H3;1H3,(H,2,3,4). The molecule has 0 aromatic carbocycles. The van der Waals surface area contributed by atoms with Crippen molar-refractivity contribution in [2.75, 3.05) is 6.26 Å². The van der Waals surface area contributed by atoms with Gasteiger partial charge in [-0.25, -0.2) is 0 Å². The number of hydrogen-bond acceptors (Lipinski definition) is 2. The third-order valence-corrected chi connectivity index (χ3v) is 2.28. The molecule has 1 N–H and O–H groups in total. The van der Waals surface area contributed by atoms with Crippen molar-refractivity contribution in [3.05, 3.63) is 0 Å². The van der Waals surface area contributed by atoms with Gasteiger partial charge in [-0.1, -0.05) is 20.8 Å². The Labute approximate surface area is 87.7 Å². The molecule has 14 heavy (non-hydrogen) atoms. The van der Waals surface area contributed by atoms with Gasteiger partial charge in [-0.2, -0.15) is 8.42 Å². The molecule has 0 spiro atoms. The second kappa shape index (κ2) is 5.71. The second-order valence-corrected chi connectivity index (χ2v) is 6.27. The van der Waals surface area contributed by atoms with E-state index in [0.29, 0.717) is 6.26 Å². The average molecular weight is 222 g/mol. The van der Waals surface area contributed by atoms with Crippen molar-refractivity contribution < 1.29 is 13.0 Å². The zero-order valence-electron chi connectivity index (χ0n) is 9.53. The number of rotatable bonds is 2. The minimum absolute atomic E-state index is 0.715. The molecule has 0 aliphatic heterocycles. The third-order valence-electron chi connectivity index (χ3n) is 2.28. The van der Waals surface area contributed by atoms with Crippen molar-refractivity contribution in [3.8, 4) is 0 Å². The van der Waals surface area contributed by atoms with Crippen molar-refractivity contribution in [2.45, 2.75) is 40.0 Å². The summed E-state index contributed by atoms with van der Waals surface area (Å²) in [5, 5.41) is 0. The molecule has 0 heterocycles. The van der Waals surface area contributed by atoms with Crippen molar-refractivity contribution in [3.63, 3.8) is 0 Å². The average Bonchev–Trinajstić information content (AvgIpc) is 1.78. The molecule has 86 valence electrons. The van der Waals surface area contributed by atoms with E-state index < -0.39 is 10.1 Å². The van der Waals surface area contributed by atoms with Gasteiger partial charge < -0.3 is 0 Å². The normalized spacial score (nSPS) is 26.4. The highest BCUT2D eigenvalue weighted by molar-refractivity contribution is 7.85. The topological polar surface area (TPSA) is 54.4 Å². The first kappa shape index (κ1) is 13.9. The summed E-state index contributed by atoms with van der Waals surface area (Å²) in [6.45, 7) is 7.00. The Morgan fingerprint density at radius 3 is 1.93 bits per heavy atom. The van der Waals surface area contributed by atoms with Crippen LogP contribution in [0.1, 0.15) is 40.0 Å². The van der Waals surface area contributed by atoms with Gasteiger partial charge in [0.1, 0.15) is 0 Å². The molecule has 1 rings (SSSR count). The van der Waals surface area contributed by atoms with E-state index in [2.05, 4.69) is 20.8 Å². The lowest BCUT2D eigenvalue weighted by molar-refractivity contribution is 0.181. The molecule has 0 aromatic heterocycles. The minimum Gasteiger partial charge on any atom is -0.286 e. The Morgan fingerprint density at radius 1 is 1.36 bits per heavy atom. The van der Waals surface area contributed by atoms with E-state index in [9.17, 15) is 8.42 Å². The molecule has 0 atom stereocenters. The van der Waals surface area contributed by atoms with Gasteiger partial charge >= 0.3 is 0 Å². The first-order valence-electron chi connectivity index (χ1n) is 5.11. The van der Waals surface area contributed by atoms with E-state index in [1.54, 1.807) is 0 Å². The molecule has 1 saturated carbocycles. The fraction of sp³-hybridized carbons (Fsp3) is 1.00. The monoisotopic (exact) mass is 222 g/mol. The van der Waals surface area contributed by atoms with Crippen molar-refractivity contribution in [1.29, 1.82) is 0 Å². The lowest BCUT2D eigenvalue weighted by atomic mass is 9.72. The molecule has 1 fully saturated rings. The van der Waals surface area contributed by atoms with Crippen LogP contribution in [0.15, 0.2) is 0 Å². The summed E-state index contributed by atoms with van der Waals surface area (Å²) in [5.74, 6) is 3.04. The van der Waals surface area contributed by atoms with Crippen LogP contribution in [0.2, 0.25) is 0 Å². The van der Waals surface area contributed by atoms with E-state index in [-0.39, 0.29) is 0 Å². The Bertz CT molecular complexity index is 230. The lowest BCUT2D eigenvalue weighted by Gasteiger charge is -2.33. The molecular formula is C10H22O3S. The van der Waals surface area contributed by atoms with Crippen LogP contribution in [0.4, 0.5) is 0 Å². The summed E-state index contributed by atoms with van der Waals surface area (Å²) in [6.07, 6.45) is 5.17. The van der Waals surface area contributed by atoms with E-state index in [1.807, 2.05) is 0 Å². The second-order valence-electron chi connectivity index (χ2n) is 4.81. The Balaban J connectivity index is 0.000000292. The zero-order chi connectivity index (χ0) is 11.4. The molecule has 0 amide bonds. The van der Waals surface area contributed by atoms with Crippen LogP contribution >= 0.6 is 0 Å². The predicted octanol–water partition coefficient (Wildman–Crippen LogP) is 2.58. The zero-order valence-corrected chi connectivity index (χ0v) is 10.3. The minimum atomic E-state index is -3.67. The molecule has 0 saturated heterocycles. The fourth-order valence-electron chi connectivity index (χ4n) is 1.93. The molecular weight excluding hydrogens is 200 g/mol. The molecule has 0 unspecified atom stereocenters. The number of hydrogen-bond donors (Lipinski definition) is 1. The van der Waals surface area contributed by atoms with Gasteiger partial charge in [-0.15, -0.1) is 0 Å². The van der Waals surface area contributed by atoms with Gasteiger partial charge in [0.25, 0.3) is 10.1 Å². The van der Waals surface area contributed by atoms with Crippen LogP contribution in [0.5, 0.6) is 0 Å².